The number of nitrogens with zero attached hydrogens (tertiary/aromatic N) is 5. The first-order chi connectivity index (χ1) is 10.1. The fourth-order valence-electron chi connectivity index (χ4n) is 2.84. The first-order valence-electron chi connectivity index (χ1n) is 7.67. The highest BCUT2D eigenvalue weighted by molar-refractivity contribution is 5.00. The Kier molecular flexibility index (Phi) is 4.05. The molecule has 2 aromatic heterocycles. The number of aryl methyl sites for hydroxylation is 1. The number of hydrogen-bond acceptors (Lipinski definition) is 5. The number of likely N-dealkylation sites (tertiary alicyclic amines) is 1. The fraction of sp³-hybridized carbons (Fsp3) is 0.667. The van der Waals surface area contributed by atoms with Crippen LogP contribution in [0.3, 0.4) is 0 Å². The van der Waals surface area contributed by atoms with Crippen molar-refractivity contribution < 1.29 is 4.52 Å². The first-order valence-corrected chi connectivity index (χ1v) is 7.67. The normalized spacial score (nSPS) is 19.7. The molecule has 0 N–H and O–H groups in total. The molecule has 3 rings (SSSR count). The summed E-state index contributed by atoms with van der Waals surface area (Å²) in [5.74, 6) is 1.80. The van der Waals surface area contributed by atoms with Gasteiger partial charge in [0.2, 0.25) is 5.89 Å². The maximum Gasteiger partial charge on any atom is 0.229 e. The van der Waals surface area contributed by atoms with Gasteiger partial charge in [0.05, 0.1) is 19.3 Å². The maximum absolute atomic E-state index is 5.29. The molecule has 0 amide bonds. The van der Waals surface area contributed by atoms with E-state index in [-0.39, 0.29) is 5.92 Å². The topological polar surface area (TPSA) is 60.0 Å². The zero-order valence-electron chi connectivity index (χ0n) is 13.0. The summed E-state index contributed by atoms with van der Waals surface area (Å²) >= 11 is 0. The number of hydrogen-bond donors (Lipinski definition) is 0. The average molecular weight is 289 g/mol. The first kappa shape index (κ1) is 14.3. The molecule has 0 radical (unpaired) electrons. The lowest BCUT2D eigenvalue weighted by Crippen LogP contribution is -2.33. The largest absolute Gasteiger partial charge is 0.339 e. The molecule has 0 saturated carbocycles. The van der Waals surface area contributed by atoms with E-state index < -0.39 is 0 Å². The van der Waals surface area contributed by atoms with Gasteiger partial charge in [-0.25, -0.2) is 0 Å². The third kappa shape index (κ3) is 3.32. The Balaban J connectivity index is 1.63. The Hall–Kier alpha value is -1.69. The van der Waals surface area contributed by atoms with Crippen molar-refractivity contribution in [3.8, 4) is 0 Å². The lowest BCUT2D eigenvalue weighted by molar-refractivity contribution is 0.211. The highest BCUT2D eigenvalue weighted by Crippen LogP contribution is 2.21. The summed E-state index contributed by atoms with van der Waals surface area (Å²) in [6.45, 7) is 9.00. The second-order valence-corrected chi connectivity index (χ2v) is 6.21. The van der Waals surface area contributed by atoms with Crippen molar-refractivity contribution in [1.82, 2.24) is 24.8 Å². The number of aromatic nitrogens is 4. The van der Waals surface area contributed by atoms with Crippen LogP contribution in [0.15, 0.2) is 16.9 Å². The molecule has 0 aliphatic carbocycles. The van der Waals surface area contributed by atoms with Crippen molar-refractivity contribution in [3.05, 3.63) is 29.7 Å². The van der Waals surface area contributed by atoms with Crippen LogP contribution in [0.25, 0.3) is 0 Å². The molecular formula is C15H23N5O. The summed E-state index contributed by atoms with van der Waals surface area (Å²) in [4.78, 5) is 6.91. The van der Waals surface area contributed by atoms with E-state index in [9.17, 15) is 0 Å². The molecule has 0 spiro atoms. The van der Waals surface area contributed by atoms with Crippen molar-refractivity contribution in [2.24, 2.45) is 0 Å². The van der Waals surface area contributed by atoms with Crippen LogP contribution < -0.4 is 0 Å². The van der Waals surface area contributed by atoms with Gasteiger partial charge in [-0.05, 0) is 31.9 Å². The highest BCUT2D eigenvalue weighted by atomic mass is 16.5. The van der Waals surface area contributed by atoms with Crippen LogP contribution in [0.1, 0.15) is 49.9 Å². The van der Waals surface area contributed by atoms with E-state index in [1.54, 1.807) is 0 Å². The van der Waals surface area contributed by atoms with Gasteiger partial charge in [0.15, 0.2) is 5.82 Å². The SMILES string of the molecule is Cc1cnn(C[C@H]2CCCN2Cc2noc(C(C)C)n2)c1. The van der Waals surface area contributed by atoms with Gasteiger partial charge < -0.3 is 4.52 Å². The van der Waals surface area contributed by atoms with Crippen molar-refractivity contribution in [2.75, 3.05) is 6.54 Å². The van der Waals surface area contributed by atoms with Gasteiger partial charge in [0.25, 0.3) is 0 Å². The zero-order chi connectivity index (χ0) is 14.8. The van der Waals surface area contributed by atoms with Gasteiger partial charge in [-0.15, -0.1) is 0 Å². The van der Waals surface area contributed by atoms with Crippen LogP contribution in [0, 0.1) is 6.92 Å². The van der Waals surface area contributed by atoms with E-state index in [1.807, 2.05) is 10.9 Å². The quantitative estimate of drug-likeness (QED) is 0.845. The summed E-state index contributed by atoms with van der Waals surface area (Å²) in [5, 5.41) is 8.48. The zero-order valence-corrected chi connectivity index (χ0v) is 13.0. The lowest BCUT2D eigenvalue weighted by Gasteiger charge is -2.22. The Bertz CT molecular complexity index is 588. The lowest BCUT2D eigenvalue weighted by atomic mass is 10.2. The molecule has 2 aromatic rings. The average Bonchev–Trinajstić information content (AvgIpc) is 3.14. The van der Waals surface area contributed by atoms with Crippen LogP contribution in [0.2, 0.25) is 0 Å². The van der Waals surface area contributed by atoms with Crippen LogP contribution in [-0.4, -0.2) is 37.4 Å². The van der Waals surface area contributed by atoms with E-state index in [1.165, 1.54) is 18.4 Å². The minimum Gasteiger partial charge on any atom is -0.339 e. The monoisotopic (exact) mass is 289 g/mol. The summed E-state index contributed by atoms with van der Waals surface area (Å²) in [7, 11) is 0. The highest BCUT2D eigenvalue weighted by Gasteiger charge is 2.26. The summed E-state index contributed by atoms with van der Waals surface area (Å²) in [6.07, 6.45) is 6.43. The molecule has 1 aliphatic rings. The minimum absolute atomic E-state index is 0.285. The van der Waals surface area contributed by atoms with Crippen LogP contribution in [-0.2, 0) is 13.1 Å². The molecule has 0 aromatic carbocycles. The van der Waals surface area contributed by atoms with Crippen LogP contribution >= 0.6 is 0 Å². The maximum atomic E-state index is 5.29. The third-order valence-electron chi connectivity index (χ3n) is 3.98. The van der Waals surface area contributed by atoms with Crippen molar-refractivity contribution in [1.29, 1.82) is 0 Å². The molecule has 0 bridgehead atoms. The summed E-state index contributed by atoms with van der Waals surface area (Å²) in [5.41, 5.74) is 1.21. The molecule has 0 unspecified atom stereocenters. The molecule has 1 atom stereocenters. The van der Waals surface area contributed by atoms with Crippen molar-refractivity contribution in [2.45, 2.75) is 58.7 Å². The Labute approximate surface area is 125 Å². The Morgan fingerprint density at radius 3 is 2.95 bits per heavy atom. The molecule has 1 fully saturated rings. The van der Waals surface area contributed by atoms with Gasteiger partial charge in [-0.1, -0.05) is 19.0 Å². The van der Waals surface area contributed by atoms with Gasteiger partial charge in [0.1, 0.15) is 0 Å². The van der Waals surface area contributed by atoms with Gasteiger partial charge >= 0.3 is 0 Å². The van der Waals surface area contributed by atoms with E-state index in [4.69, 9.17) is 4.52 Å². The Morgan fingerprint density at radius 1 is 1.43 bits per heavy atom. The summed E-state index contributed by atoms with van der Waals surface area (Å²) in [6, 6.07) is 0.505. The van der Waals surface area contributed by atoms with Crippen LogP contribution in [0.5, 0.6) is 0 Å². The minimum atomic E-state index is 0.285. The molecule has 21 heavy (non-hydrogen) atoms. The van der Waals surface area contributed by atoms with Crippen LogP contribution in [0.4, 0.5) is 0 Å². The van der Waals surface area contributed by atoms with Gasteiger partial charge in [0, 0.05) is 18.2 Å². The molecule has 3 heterocycles. The third-order valence-corrected chi connectivity index (χ3v) is 3.98. The standard InChI is InChI=1S/C15H23N5O/c1-11(2)15-17-14(18-21-15)10-19-6-4-5-13(19)9-20-8-12(3)7-16-20/h7-8,11,13H,4-6,9-10H2,1-3H3/t13-/m1/s1. The predicted molar refractivity (Wildman–Crippen MR) is 78.8 cm³/mol. The molecule has 114 valence electrons. The van der Waals surface area contributed by atoms with Crippen molar-refractivity contribution >= 4 is 0 Å². The molecule has 6 heteroatoms. The van der Waals surface area contributed by atoms with Gasteiger partial charge in [-0.3, -0.25) is 9.58 Å². The van der Waals surface area contributed by atoms with E-state index >= 15 is 0 Å². The fourth-order valence-corrected chi connectivity index (χ4v) is 2.84. The second kappa shape index (κ2) is 5.97. The van der Waals surface area contributed by atoms with Gasteiger partial charge in [-0.2, -0.15) is 10.1 Å². The van der Waals surface area contributed by atoms with E-state index in [0.717, 1.165) is 31.3 Å². The van der Waals surface area contributed by atoms with E-state index in [0.29, 0.717) is 6.04 Å². The molecular weight excluding hydrogens is 266 g/mol. The second-order valence-electron chi connectivity index (χ2n) is 6.21. The molecule has 1 saturated heterocycles. The van der Waals surface area contributed by atoms with Crippen molar-refractivity contribution in [3.63, 3.8) is 0 Å². The Morgan fingerprint density at radius 2 is 2.29 bits per heavy atom. The smallest absolute Gasteiger partial charge is 0.229 e. The molecule has 1 aliphatic heterocycles. The number of rotatable bonds is 5. The molecule has 6 nitrogen and oxygen atoms in total. The summed E-state index contributed by atoms with van der Waals surface area (Å²) < 4.78 is 7.32. The van der Waals surface area contributed by atoms with E-state index in [2.05, 4.69) is 47.1 Å². The predicted octanol–water partition coefficient (Wildman–Crippen LogP) is 2.36.